The van der Waals surface area contributed by atoms with Crippen LogP contribution in [-0.4, -0.2) is 63.3 Å². The fourth-order valence-corrected chi connectivity index (χ4v) is 4.35. The van der Waals surface area contributed by atoms with Crippen LogP contribution in [0.2, 0.25) is 5.02 Å². The molecule has 1 amide bonds. The smallest absolute Gasteiger partial charge is 0.274 e. The standard InChI is InChI=1S/C18H24ClN5O/c1-22-6-2-13(3-7-22)14-4-8-23(9-5-14)17(25)16-12-24-11-15(19)10-20-18(24)21-16/h10-14H,2-9H2,1H3. The Kier molecular flexibility index (Phi) is 4.65. The van der Waals surface area contributed by atoms with Crippen LogP contribution < -0.4 is 0 Å². The fraction of sp³-hybridized carbons (Fsp3) is 0.611. The van der Waals surface area contributed by atoms with Crippen LogP contribution in [-0.2, 0) is 0 Å². The molecule has 4 rings (SSSR count). The highest BCUT2D eigenvalue weighted by atomic mass is 35.5. The number of piperidine rings is 2. The van der Waals surface area contributed by atoms with E-state index in [4.69, 9.17) is 11.6 Å². The summed E-state index contributed by atoms with van der Waals surface area (Å²) in [6.45, 7) is 4.08. The highest BCUT2D eigenvalue weighted by Gasteiger charge is 2.31. The monoisotopic (exact) mass is 361 g/mol. The van der Waals surface area contributed by atoms with Gasteiger partial charge in [-0.1, -0.05) is 11.6 Å². The van der Waals surface area contributed by atoms with Crippen molar-refractivity contribution in [3.8, 4) is 0 Å². The number of imidazole rings is 1. The third kappa shape index (κ3) is 3.51. The minimum atomic E-state index is 0.00319. The summed E-state index contributed by atoms with van der Waals surface area (Å²) in [5.41, 5.74) is 0.451. The van der Waals surface area contributed by atoms with Crippen molar-refractivity contribution in [1.29, 1.82) is 0 Å². The van der Waals surface area contributed by atoms with Crippen LogP contribution in [0, 0.1) is 11.8 Å². The minimum Gasteiger partial charge on any atom is -0.337 e. The first-order chi connectivity index (χ1) is 12.1. The molecule has 0 bridgehead atoms. The number of fused-ring (bicyclic) bond motifs is 1. The van der Waals surface area contributed by atoms with Gasteiger partial charge in [-0.05, 0) is 57.7 Å². The van der Waals surface area contributed by atoms with Gasteiger partial charge in [0.2, 0.25) is 5.78 Å². The molecule has 2 fully saturated rings. The zero-order valence-electron chi connectivity index (χ0n) is 14.6. The van der Waals surface area contributed by atoms with Gasteiger partial charge in [-0.25, -0.2) is 9.97 Å². The lowest BCUT2D eigenvalue weighted by Crippen LogP contribution is -2.42. The average Bonchev–Trinajstić information content (AvgIpc) is 3.05. The second kappa shape index (κ2) is 6.92. The van der Waals surface area contributed by atoms with Crippen LogP contribution in [0.25, 0.3) is 5.78 Å². The Morgan fingerprint density at radius 1 is 1.08 bits per heavy atom. The minimum absolute atomic E-state index is 0.00319. The van der Waals surface area contributed by atoms with Crippen LogP contribution >= 0.6 is 11.6 Å². The number of aromatic nitrogens is 3. The van der Waals surface area contributed by atoms with Crippen molar-refractivity contribution >= 4 is 23.3 Å². The van der Waals surface area contributed by atoms with Crippen LogP contribution in [0.5, 0.6) is 0 Å². The van der Waals surface area contributed by atoms with Crippen molar-refractivity contribution in [3.05, 3.63) is 29.3 Å². The van der Waals surface area contributed by atoms with Crippen LogP contribution in [0.3, 0.4) is 0 Å². The normalized spacial score (nSPS) is 21.1. The van der Waals surface area contributed by atoms with Gasteiger partial charge in [0.25, 0.3) is 5.91 Å². The van der Waals surface area contributed by atoms with E-state index < -0.39 is 0 Å². The van der Waals surface area contributed by atoms with Crippen LogP contribution in [0.4, 0.5) is 0 Å². The summed E-state index contributed by atoms with van der Waals surface area (Å²) < 4.78 is 1.71. The Balaban J connectivity index is 1.38. The number of carbonyl (C=O) groups excluding carboxylic acids is 1. The first-order valence-electron chi connectivity index (χ1n) is 9.08. The molecule has 134 valence electrons. The molecule has 0 aromatic carbocycles. The lowest BCUT2D eigenvalue weighted by atomic mass is 9.79. The molecule has 7 heteroatoms. The average molecular weight is 362 g/mol. The zero-order valence-corrected chi connectivity index (χ0v) is 15.3. The highest BCUT2D eigenvalue weighted by molar-refractivity contribution is 6.30. The lowest BCUT2D eigenvalue weighted by Gasteiger charge is -2.39. The van der Waals surface area contributed by atoms with Crippen molar-refractivity contribution in [2.45, 2.75) is 25.7 Å². The number of nitrogens with zero attached hydrogens (tertiary/aromatic N) is 5. The van der Waals surface area contributed by atoms with Crippen LogP contribution in [0.15, 0.2) is 18.6 Å². The molecule has 0 radical (unpaired) electrons. The fourth-order valence-electron chi connectivity index (χ4n) is 4.20. The molecule has 2 aliphatic heterocycles. The number of likely N-dealkylation sites (tertiary alicyclic amines) is 2. The Bertz CT molecular complexity index is 760. The Morgan fingerprint density at radius 2 is 1.72 bits per heavy atom. The molecule has 0 N–H and O–H groups in total. The summed E-state index contributed by atoms with van der Waals surface area (Å²) in [7, 11) is 2.20. The molecule has 25 heavy (non-hydrogen) atoms. The molecule has 2 saturated heterocycles. The van der Waals surface area contributed by atoms with Gasteiger partial charge in [0.05, 0.1) is 11.2 Å². The Hall–Kier alpha value is -1.66. The lowest BCUT2D eigenvalue weighted by molar-refractivity contribution is 0.0611. The molecular weight excluding hydrogens is 338 g/mol. The summed E-state index contributed by atoms with van der Waals surface area (Å²) in [5.74, 6) is 2.10. The maximum atomic E-state index is 12.8. The van der Waals surface area contributed by atoms with E-state index in [0.29, 0.717) is 16.5 Å². The predicted octanol–water partition coefficient (Wildman–Crippen LogP) is 2.58. The van der Waals surface area contributed by atoms with Gasteiger partial charge < -0.3 is 9.80 Å². The van der Waals surface area contributed by atoms with Gasteiger partial charge in [0.15, 0.2) is 0 Å². The maximum Gasteiger partial charge on any atom is 0.274 e. The number of rotatable bonds is 2. The third-order valence-electron chi connectivity index (χ3n) is 5.75. The highest BCUT2D eigenvalue weighted by Crippen LogP contribution is 2.32. The summed E-state index contributed by atoms with van der Waals surface area (Å²) in [4.78, 5) is 25.6. The zero-order chi connectivity index (χ0) is 17.4. The van der Waals surface area contributed by atoms with Crippen molar-refractivity contribution < 1.29 is 4.79 Å². The Labute approximate surface area is 152 Å². The summed E-state index contributed by atoms with van der Waals surface area (Å²) in [5, 5.41) is 0.530. The number of hydrogen-bond acceptors (Lipinski definition) is 4. The first-order valence-corrected chi connectivity index (χ1v) is 9.46. The molecule has 0 spiro atoms. The van der Waals surface area contributed by atoms with E-state index in [1.165, 1.54) is 25.9 Å². The van der Waals surface area contributed by atoms with Crippen molar-refractivity contribution in [2.75, 3.05) is 33.2 Å². The van der Waals surface area contributed by atoms with E-state index in [0.717, 1.165) is 37.8 Å². The Morgan fingerprint density at radius 3 is 2.40 bits per heavy atom. The largest absolute Gasteiger partial charge is 0.337 e. The summed E-state index contributed by atoms with van der Waals surface area (Å²) in [6, 6.07) is 0. The topological polar surface area (TPSA) is 53.7 Å². The van der Waals surface area contributed by atoms with Gasteiger partial charge in [-0.15, -0.1) is 0 Å². The molecule has 0 atom stereocenters. The second-order valence-electron chi connectivity index (χ2n) is 7.38. The van der Waals surface area contributed by atoms with E-state index in [-0.39, 0.29) is 5.91 Å². The molecule has 0 aliphatic carbocycles. The quantitative estimate of drug-likeness (QED) is 0.825. The number of halogens is 1. The van der Waals surface area contributed by atoms with Crippen molar-refractivity contribution in [3.63, 3.8) is 0 Å². The summed E-state index contributed by atoms with van der Waals surface area (Å²) in [6.07, 6.45) is 9.81. The van der Waals surface area contributed by atoms with Crippen molar-refractivity contribution in [2.24, 2.45) is 11.8 Å². The molecule has 2 aromatic heterocycles. The molecule has 0 unspecified atom stereocenters. The van der Waals surface area contributed by atoms with Gasteiger partial charge in [-0.2, -0.15) is 0 Å². The SMILES string of the molecule is CN1CCC(C2CCN(C(=O)c3cn4cc(Cl)cnc4n3)CC2)CC1. The summed E-state index contributed by atoms with van der Waals surface area (Å²) >= 11 is 5.95. The third-order valence-corrected chi connectivity index (χ3v) is 5.95. The molecule has 2 aromatic rings. The predicted molar refractivity (Wildman–Crippen MR) is 96.8 cm³/mol. The van der Waals surface area contributed by atoms with Gasteiger partial charge in [0, 0.05) is 25.5 Å². The van der Waals surface area contributed by atoms with E-state index in [1.54, 1.807) is 23.0 Å². The van der Waals surface area contributed by atoms with Gasteiger partial charge >= 0.3 is 0 Å². The maximum absolute atomic E-state index is 12.8. The molecular formula is C18H24ClN5O. The molecule has 2 aliphatic rings. The van der Waals surface area contributed by atoms with Crippen molar-refractivity contribution in [1.82, 2.24) is 24.2 Å². The van der Waals surface area contributed by atoms with Crippen LogP contribution in [0.1, 0.15) is 36.2 Å². The first kappa shape index (κ1) is 16.8. The van der Waals surface area contributed by atoms with E-state index in [9.17, 15) is 4.79 Å². The number of hydrogen-bond donors (Lipinski definition) is 0. The van der Waals surface area contributed by atoms with Gasteiger partial charge in [0.1, 0.15) is 5.69 Å². The van der Waals surface area contributed by atoms with Gasteiger partial charge in [-0.3, -0.25) is 9.20 Å². The molecule has 6 nitrogen and oxygen atoms in total. The van der Waals surface area contributed by atoms with E-state index in [1.807, 2.05) is 4.90 Å². The second-order valence-corrected chi connectivity index (χ2v) is 7.81. The number of carbonyl (C=O) groups is 1. The number of amides is 1. The van der Waals surface area contributed by atoms with E-state index >= 15 is 0 Å². The van der Waals surface area contributed by atoms with E-state index in [2.05, 4.69) is 21.9 Å². The molecule has 4 heterocycles. The molecule has 0 saturated carbocycles.